The van der Waals surface area contributed by atoms with Crippen molar-refractivity contribution in [3.63, 3.8) is 0 Å². The number of hydrogen-bond donors (Lipinski definition) is 1. The van der Waals surface area contributed by atoms with E-state index in [1.165, 1.54) is 0 Å². The highest BCUT2D eigenvalue weighted by Crippen LogP contribution is 2.13. The van der Waals surface area contributed by atoms with Gasteiger partial charge < -0.3 is 5.11 Å². The van der Waals surface area contributed by atoms with Gasteiger partial charge in [-0.2, -0.15) is 0 Å². The van der Waals surface area contributed by atoms with Gasteiger partial charge in [0.05, 0.1) is 5.92 Å². The SMILES string of the molecule is CC=C(C)C(CC)C(=O)O. The molecule has 0 aliphatic carbocycles. The molecule has 0 saturated heterocycles. The molecule has 1 atom stereocenters. The minimum absolute atomic E-state index is 0.287. The normalized spacial score (nSPS) is 14.9. The number of carboxylic acid groups (broad SMARTS) is 1. The Morgan fingerprint density at radius 1 is 1.70 bits per heavy atom. The van der Waals surface area contributed by atoms with Crippen LogP contribution in [-0.2, 0) is 4.79 Å². The second-order valence-electron chi connectivity index (χ2n) is 2.33. The van der Waals surface area contributed by atoms with E-state index < -0.39 is 5.97 Å². The van der Waals surface area contributed by atoms with Gasteiger partial charge in [0.2, 0.25) is 0 Å². The van der Waals surface area contributed by atoms with Crippen LogP contribution in [0, 0.1) is 5.92 Å². The summed E-state index contributed by atoms with van der Waals surface area (Å²) in [5.41, 5.74) is 0.940. The van der Waals surface area contributed by atoms with Crippen molar-refractivity contribution in [2.75, 3.05) is 0 Å². The number of carbonyl (C=O) groups is 1. The molecule has 0 amide bonds. The van der Waals surface area contributed by atoms with Gasteiger partial charge in [0.1, 0.15) is 0 Å². The third kappa shape index (κ3) is 2.21. The van der Waals surface area contributed by atoms with Crippen LogP contribution in [0.15, 0.2) is 11.6 Å². The Kier molecular flexibility index (Phi) is 3.77. The van der Waals surface area contributed by atoms with Gasteiger partial charge in [-0.25, -0.2) is 0 Å². The molecule has 1 unspecified atom stereocenters. The quantitative estimate of drug-likeness (QED) is 0.612. The lowest BCUT2D eigenvalue weighted by molar-refractivity contribution is -0.140. The standard InChI is InChI=1S/C8H14O2/c1-4-6(3)7(5-2)8(9)10/h4,7H,5H2,1-3H3,(H,9,10). The highest BCUT2D eigenvalue weighted by molar-refractivity contribution is 5.73. The lowest BCUT2D eigenvalue weighted by Crippen LogP contribution is -2.13. The summed E-state index contributed by atoms with van der Waals surface area (Å²) in [6.45, 7) is 5.59. The number of rotatable bonds is 3. The van der Waals surface area contributed by atoms with Gasteiger partial charge in [-0.15, -0.1) is 0 Å². The third-order valence-electron chi connectivity index (χ3n) is 1.71. The molecule has 0 bridgehead atoms. The average molecular weight is 142 g/mol. The Bertz CT molecular complexity index is 147. The molecule has 58 valence electrons. The molecular weight excluding hydrogens is 128 g/mol. The van der Waals surface area contributed by atoms with Gasteiger partial charge in [-0.1, -0.05) is 18.6 Å². The molecule has 0 aromatic rings. The maximum absolute atomic E-state index is 10.5. The summed E-state index contributed by atoms with van der Waals surface area (Å²) < 4.78 is 0. The summed E-state index contributed by atoms with van der Waals surface area (Å²) in [4.78, 5) is 10.5. The minimum Gasteiger partial charge on any atom is -0.481 e. The number of hydrogen-bond acceptors (Lipinski definition) is 1. The van der Waals surface area contributed by atoms with E-state index in [9.17, 15) is 4.79 Å². The predicted octanol–water partition coefficient (Wildman–Crippen LogP) is 2.06. The van der Waals surface area contributed by atoms with Crippen molar-refractivity contribution in [3.05, 3.63) is 11.6 Å². The Morgan fingerprint density at radius 2 is 2.20 bits per heavy atom. The summed E-state index contributed by atoms with van der Waals surface area (Å²) in [7, 11) is 0. The molecule has 0 fully saturated rings. The minimum atomic E-state index is -0.724. The van der Waals surface area contributed by atoms with Crippen LogP contribution in [0.2, 0.25) is 0 Å². The fourth-order valence-electron chi connectivity index (χ4n) is 0.893. The Labute approximate surface area is 61.6 Å². The number of aliphatic carboxylic acids is 1. The molecule has 0 rings (SSSR count). The van der Waals surface area contributed by atoms with E-state index in [2.05, 4.69) is 0 Å². The van der Waals surface area contributed by atoms with Crippen molar-refractivity contribution in [1.82, 2.24) is 0 Å². The van der Waals surface area contributed by atoms with Gasteiger partial charge in [0.25, 0.3) is 0 Å². The molecule has 2 heteroatoms. The van der Waals surface area contributed by atoms with Gasteiger partial charge in [0.15, 0.2) is 0 Å². The van der Waals surface area contributed by atoms with E-state index in [1.54, 1.807) is 0 Å². The van der Waals surface area contributed by atoms with Crippen LogP contribution in [0.1, 0.15) is 27.2 Å². The van der Waals surface area contributed by atoms with Crippen molar-refractivity contribution >= 4 is 5.97 Å². The largest absolute Gasteiger partial charge is 0.481 e. The molecule has 10 heavy (non-hydrogen) atoms. The van der Waals surface area contributed by atoms with Crippen molar-refractivity contribution in [3.8, 4) is 0 Å². The van der Waals surface area contributed by atoms with Crippen LogP contribution < -0.4 is 0 Å². The van der Waals surface area contributed by atoms with E-state index in [4.69, 9.17) is 5.11 Å². The summed E-state index contributed by atoms with van der Waals surface area (Å²) in [5, 5.41) is 8.63. The van der Waals surface area contributed by atoms with Crippen LogP contribution in [-0.4, -0.2) is 11.1 Å². The van der Waals surface area contributed by atoms with Gasteiger partial charge >= 0.3 is 5.97 Å². The predicted molar refractivity (Wildman–Crippen MR) is 40.8 cm³/mol. The first-order valence-corrected chi connectivity index (χ1v) is 3.49. The zero-order chi connectivity index (χ0) is 8.15. The molecule has 0 aromatic carbocycles. The van der Waals surface area contributed by atoms with E-state index in [1.807, 2.05) is 26.8 Å². The average Bonchev–Trinajstić information content (AvgIpc) is 1.88. The maximum Gasteiger partial charge on any atom is 0.310 e. The third-order valence-corrected chi connectivity index (χ3v) is 1.71. The lowest BCUT2D eigenvalue weighted by Gasteiger charge is -2.08. The molecule has 0 spiro atoms. The Balaban J connectivity index is 4.21. The number of allylic oxidation sites excluding steroid dienone is 1. The van der Waals surface area contributed by atoms with Crippen LogP contribution in [0.5, 0.6) is 0 Å². The highest BCUT2D eigenvalue weighted by atomic mass is 16.4. The second-order valence-corrected chi connectivity index (χ2v) is 2.33. The van der Waals surface area contributed by atoms with Crippen molar-refractivity contribution in [2.45, 2.75) is 27.2 Å². The molecule has 0 aliphatic heterocycles. The first kappa shape index (κ1) is 9.21. The van der Waals surface area contributed by atoms with Crippen LogP contribution in [0.25, 0.3) is 0 Å². The van der Waals surface area contributed by atoms with Crippen molar-refractivity contribution < 1.29 is 9.90 Å². The molecule has 0 aliphatic rings. The molecular formula is C8H14O2. The van der Waals surface area contributed by atoms with Crippen LogP contribution >= 0.6 is 0 Å². The van der Waals surface area contributed by atoms with Gasteiger partial charge in [-0.05, 0) is 20.3 Å². The van der Waals surface area contributed by atoms with E-state index >= 15 is 0 Å². The maximum atomic E-state index is 10.5. The first-order valence-electron chi connectivity index (χ1n) is 3.49. The Morgan fingerprint density at radius 3 is 2.30 bits per heavy atom. The molecule has 2 nitrogen and oxygen atoms in total. The van der Waals surface area contributed by atoms with Gasteiger partial charge in [-0.3, -0.25) is 4.79 Å². The summed E-state index contributed by atoms with van der Waals surface area (Å²) in [5.74, 6) is -1.01. The second kappa shape index (κ2) is 4.09. The van der Waals surface area contributed by atoms with Crippen molar-refractivity contribution in [2.24, 2.45) is 5.92 Å². The van der Waals surface area contributed by atoms with Crippen molar-refractivity contribution in [1.29, 1.82) is 0 Å². The topological polar surface area (TPSA) is 37.3 Å². The van der Waals surface area contributed by atoms with Crippen LogP contribution in [0.3, 0.4) is 0 Å². The molecule has 0 saturated carbocycles. The molecule has 1 N–H and O–H groups in total. The Hall–Kier alpha value is -0.790. The smallest absolute Gasteiger partial charge is 0.310 e. The highest BCUT2D eigenvalue weighted by Gasteiger charge is 2.15. The first-order chi connectivity index (χ1) is 4.63. The number of carboxylic acids is 1. The summed E-state index contributed by atoms with van der Waals surface area (Å²) in [6.07, 6.45) is 2.52. The van der Waals surface area contributed by atoms with E-state index in [-0.39, 0.29) is 5.92 Å². The molecule has 0 aromatic heterocycles. The monoisotopic (exact) mass is 142 g/mol. The van der Waals surface area contributed by atoms with Gasteiger partial charge in [0, 0.05) is 0 Å². The van der Waals surface area contributed by atoms with Crippen LogP contribution in [0.4, 0.5) is 0 Å². The van der Waals surface area contributed by atoms with E-state index in [0.717, 1.165) is 5.57 Å². The fourth-order valence-corrected chi connectivity index (χ4v) is 0.893. The zero-order valence-electron chi connectivity index (χ0n) is 6.72. The lowest BCUT2D eigenvalue weighted by atomic mass is 9.98. The zero-order valence-corrected chi connectivity index (χ0v) is 6.72. The molecule has 0 heterocycles. The summed E-state index contributed by atoms with van der Waals surface area (Å²) >= 11 is 0. The molecule has 0 radical (unpaired) electrons. The summed E-state index contributed by atoms with van der Waals surface area (Å²) in [6, 6.07) is 0. The fraction of sp³-hybridized carbons (Fsp3) is 0.625. The van der Waals surface area contributed by atoms with E-state index in [0.29, 0.717) is 6.42 Å².